The van der Waals surface area contributed by atoms with Gasteiger partial charge in [0, 0.05) is 17.7 Å². The minimum atomic E-state index is -1.63. The molecule has 0 aromatic rings. The van der Waals surface area contributed by atoms with Crippen LogP contribution in [0.1, 0.15) is 27.2 Å². The fourth-order valence-corrected chi connectivity index (χ4v) is 2.28. The van der Waals surface area contributed by atoms with E-state index in [1.165, 1.54) is 0 Å². The molecule has 19 heavy (non-hydrogen) atoms. The average Bonchev–Trinajstić information content (AvgIpc) is 2.20. The van der Waals surface area contributed by atoms with Crippen molar-refractivity contribution >= 4 is 23.6 Å². The van der Waals surface area contributed by atoms with E-state index in [1.807, 2.05) is 0 Å². The second-order valence-corrected chi connectivity index (χ2v) is 6.46. The highest BCUT2D eigenvalue weighted by molar-refractivity contribution is 8.00. The zero-order chi connectivity index (χ0) is 15.2. The van der Waals surface area contributed by atoms with Crippen LogP contribution in [0.5, 0.6) is 0 Å². The number of amides is 1. The second-order valence-electron chi connectivity index (χ2n) is 5.22. The molecule has 0 spiro atoms. The number of rotatable bonds is 7. The summed E-state index contributed by atoms with van der Waals surface area (Å²) in [5.41, 5.74) is 4.89. The van der Waals surface area contributed by atoms with Gasteiger partial charge < -0.3 is 26.4 Å². The number of carbonyl (C=O) groups excluding carboxylic acids is 1. The Hall–Kier alpha value is -0.830. The van der Waals surface area contributed by atoms with Gasteiger partial charge in [0.25, 0.3) is 0 Å². The number of nitrogens with one attached hydrogen (secondary N) is 1. The molecule has 0 radical (unpaired) electrons. The lowest BCUT2D eigenvalue weighted by Gasteiger charge is -2.25. The smallest absolute Gasteiger partial charge is 0.321 e. The Balaban J connectivity index is 4.54. The summed E-state index contributed by atoms with van der Waals surface area (Å²) in [4.78, 5) is 22.5. The Bertz CT molecular complexity index is 317. The van der Waals surface area contributed by atoms with Gasteiger partial charge in [-0.05, 0) is 20.8 Å². The number of hydrogen-bond acceptors (Lipinski definition) is 6. The summed E-state index contributed by atoms with van der Waals surface area (Å²) in [5.74, 6) is -1.51. The first-order chi connectivity index (χ1) is 8.53. The summed E-state index contributed by atoms with van der Waals surface area (Å²) in [6.45, 7) is 5.39. The van der Waals surface area contributed by atoms with Crippen LogP contribution in [0.3, 0.4) is 0 Å². The monoisotopic (exact) mass is 294 g/mol. The van der Waals surface area contributed by atoms with Gasteiger partial charge in [-0.25, -0.2) is 0 Å². The third-order valence-corrected chi connectivity index (χ3v) is 3.37. The quantitative estimate of drug-likeness (QED) is 0.385. The van der Waals surface area contributed by atoms with Crippen molar-refractivity contribution in [2.75, 3.05) is 5.75 Å². The maximum Gasteiger partial charge on any atom is 0.321 e. The van der Waals surface area contributed by atoms with Crippen molar-refractivity contribution in [1.29, 1.82) is 0 Å². The van der Waals surface area contributed by atoms with Crippen LogP contribution < -0.4 is 11.1 Å². The van der Waals surface area contributed by atoms with Crippen molar-refractivity contribution in [1.82, 2.24) is 5.32 Å². The Morgan fingerprint density at radius 1 is 1.32 bits per heavy atom. The van der Waals surface area contributed by atoms with E-state index in [9.17, 15) is 9.59 Å². The first-order valence-corrected chi connectivity index (χ1v) is 6.86. The van der Waals surface area contributed by atoms with Gasteiger partial charge in [0.15, 0.2) is 6.29 Å². The lowest BCUT2D eigenvalue weighted by atomic mass is 10.1. The fraction of sp³-hybridized carbons (Fsp3) is 0.818. The Morgan fingerprint density at radius 2 is 1.84 bits per heavy atom. The average molecular weight is 294 g/mol. The van der Waals surface area contributed by atoms with Crippen molar-refractivity contribution in [3.8, 4) is 0 Å². The van der Waals surface area contributed by atoms with Gasteiger partial charge in [0.05, 0.1) is 5.25 Å². The van der Waals surface area contributed by atoms with Crippen LogP contribution >= 0.6 is 11.8 Å². The van der Waals surface area contributed by atoms with Crippen LogP contribution in [0.2, 0.25) is 0 Å². The van der Waals surface area contributed by atoms with Crippen molar-refractivity contribution in [2.45, 2.75) is 50.3 Å². The molecule has 1 amide bonds. The van der Waals surface area contributed by atoms with E-state index in [0.29, 0.717) is 0 Å². The molecular formula is C11H22N2O5S. The number of nitrogens with two attached hydrogens (primary N) is 1. The van der Waals surface area contributed by atoms with Gasteiger partial charge in [-0.15, -0.1) is 11.8 Å². The minimum absolute atomic E-state index is 0.0181. The van der Waals surface area contributed by atoms with Gasteiger partial charge in [-0.2, -0.15) is 0 Å². The first-order valence-electron chi connectivity index (χ1n) is 5.81. The van der Waals surface area contributed by atoms with Crippen LogP contribution in [0.25, 0.3) is 0 Å². The zero-order valence-electron chi connectivity index (χ0n) is 11.3. The molecule has 7 nitrogen and oxygen atoms in total. The summed E-state index contributed by atoms with van der Waals surface area (Å²) in [6.07, 6.45) is -1.82. The number of hydrogen-bond donors (Lipinski definition) is 5. The molecule has 0 aliphatic carbocycles. The predicted molar refractivity (Wildman–Crippen MR) is 72.6 cm³/mol. The molecule has 0 bridgehead atoms. The van der Waals surface area contributed by atoms with E-state index in [-0.39, 0.29) is 18.1 Å². The topological polar surface area (TPSA) is 133 Å². The number of carbonyl (C=O) groups is 2. The summed E-state index contributed by atoms with van der Waals surface area (Å²) in [7, 11) is 0. The highest BCUT2D eigenvalue weighted by atomic mass is 32.2. The van der Waals surface area contributed by atoms with Crippen molar-refractivity contribution in [3.05, 3.63) is 0 Å². The van der Waals surface area contributed by atoms with Gasteiger partial charge in [-0.1, -0.05) is 0 Å². The number of carboxylic acid groups (broad SMARTS) is 1. The van der Waals surface area contributed by atoms with E-state index in [0.717, 1.165) is 11.8 Å². The number of aliphatic hydroxyl groups is 2. The highest BCUT2D eigenvalue weighted by Gasteiger charge is 2.26. The van der Waals surface area contributed by atoms with Gasteiger partial charge in [0.1, 0.15) is 6.04 Å². The Morgan fingerprint density at radius 3 is 2.21 bits per heavy atom. The number of thioether (sulfide) groups is 1. The molecule has 6 N–H and O–H groups in total. The molecule has 8 heteroatoms. The predicted octanol–water partition coefficient (Wildman–Crippen LogP) is -0.884. The summed E-state index contributed by atoms with van der Waals surface area (Å²) in [5, 5.41) is 28.5. The molecule has 112 valence electrons. The maximum absolute atomic E-state index is 11.9. The van der Waals surface area contributed by atoms with Crippen molar-refractivity contribution in [2.24, 2.45) is 5.73 Å². The third kappa shape index (κ3) is 8.82. The minimum Gasteiger partial charge on any atom is -0.480 e. The summed E-state index contributed by atoms with van der Waals surface area (Å²) in [6, 6.07) is -1.09. The molecule has 0 aliphatic rings. The van der Waals surface area contributed by atoms with Crippen LogP contribution in [-0.4, -0.2) is 56.1 Å². The molecule has 0 aliphatic heterocycles. The van der Waals surface area contributed by atoms with Gasteiger partial charge in [-0.3, -0.25) is 9.59 Å². The van der Waals surface area contributed by atoms with E-state index in [4.69, 9.17) is 21.1 Å². The van der Waals surface area contributed by atoms with E-state index >= 15 is 0 Å². The third-order valence-electron chi connectivity index (χ3n) is 2.01. The van der Waals surface area contributed by atoms with Crippen LogP contribution in [0.15, 0.2) is 0 Å². The van der Waals surface area contributed by atoms with E-state index in [2.05, 4.69) is 5.32 Å². The van der Waals surface area contributed by atoms with Crippen LogP contribution in [-0.2, 0) is 9.59 Å². The number of aliphatic carboxylic acids is 1. The molecule has 0 aromatic heterocycles. The zero-order valence-corrected chi connectivity index (χ0v) is 12.1. The molecule has 0 aromatic carbocycles. The van der Waals surface area contributed by atoms with Crippen molar-refractivity contribution in [3.63, 3.8) is 0 Å². The molecule has 2 unspecified atom stereocenters. The molecule has 0 rings (SSSR count). The lowest BCUT2D eigenvalue weighted by molar-refractivity contribution is -0.138. The molecule has 0 saturated carbocycles. The summed E-state index contributed by atoms with van der Waals surface area (Å²) < 4.78 is 0. The van der Waals surface area contributed by atoms with E-state index < -0.39 is 29.1 Å². The normalized spacial score (nSPS) is 15.1. The van der Waals surface area contributed by atoms with Gasteiger partial charge in [0.2, 0.25) is 5.91 Å². The number of carboxylic acids is 1. The standard InChI is InChI=1S/C11H22N2O5S/c1-11(2,3)13-9(16)7(4-8(14)15)19-5-6(12)10(17)18/h6-8,14-15H,4-5,12H2,1-3H3,(H,13,16)(H,17,18). The maximum atomic E-state index is 11.9. The molecule has 0 saturated heterocycles. The van der Waals surface area contributed by atoms with Crippen LogP contribution in [0.4, 0.5) is 0 Å². The highest BCUT2D eigenvalue weighted by Crippen LogP contribution is 2.18. The van der Waals surface area contributed by atoms with Crippen molar-refractivity contribution < 1.29 is 24.9 Å². The first kappa shape index (κ1) is 18.2. The Kier molecular flexibility index (Phi) is 7.35. The van der Waals surface area contributed by atoms with Gasteiger partial charge >= 0.3 is 5.97 Å². The molecular weight excluding hydrogens is 272 g/mol. The molecule has 0 heterocycles. The number of aliphatic hydroxyl groups excluding tert-OH is 1. The Labute approximate surface area is 116 Å². The van der Waals surface area contributed by atoms with Crippen LogP contribution in [0, 0.1) is 0 Å². The summed E-state index contributed by atoms with van der Waals surface area (Å²) >= 11 is 0.997. The molecule has 0 fully saturated rings. The van der Waals surface area contributed by atoms with E-state index in [1.54, 1.807) is 20.8 Å². The second kappa shape index (κ2) is 7.68. The molecule has 2 atom stereocenters. The SMILES string of the molecule is CC(C)(C)NC(=O)C(CC(O)O)SCC(N)C(=O)O. The lowest BCUT2D eigenvalue weighted by Crippen LogP contribution is -2.46. The largest absolute Gasteiger partial charge is 0.480 e. The fourth-order valence-electron chi connectivity index (χ4n) is 1.18.